The highest BCUT2D eigenvalue weighted by Gasteiger charge is 2.25. The van der Waals surface area contributed by atoms with Crippen LogP contribution < -0.4 is 5.73 Å². The maximum absolute atomic E-state index is 13.7. The summed E-state index contributed by atoms with van der Waals surface area (Å²) in [5.74, 6) is 0.237. The number of benzene rings is 2. The maximum Gasteiger partial charge on any atom is 0.126 e. The standard InChI is InChI=1S/C18H20FN/c1-12-6-7-16(11-17(12)19)18(20)15-9-8-13-4-2-3-5-14(13)10-15/h2-7,11,15,18H,8-10,20H2,1H3. The summed E-state index contributed by atoms with van der Waals surface area (Å²) in [6.45, 7) is 1.78. The summed E-state index contributed by atoms with van der Waals surface area (Å²) in [6.07, 6.45) is 3.14. The van der Waals surface area contributed by atoms with E-state index in [4.69, 9.17) is 5.73 Å². The van der Waals surface area contributed by atoms with Crippen molar-refractivity contribution in [2.75, 3.05) is 0 Å². The molecule has 0 saturated carbocycles. The van der Waals surface area contributed by atoms with Gasteiger partial charge in [0.05, 0.1) is 0 Å². The van der Waals surface area contributed by atoms with Gasteiger partial charge in [-0.2, -0.15) is 0 Å². The lowest BCUT2D eigenvalue weighted by Crippen LogP contribution is -2.27. The first-order chi connectivity index (χ1) is 9.65. The van der Waals surface area contributed by atoms with E-state index in [0.29, 0.717) is 11.5 Å². The van der Waals surface area contributed by atoms with Crippen LogP contribution in [0.2, 0.25) is 0 Å². The summed E-state index contributed by atoms with van der Waals surface area (Å²) in [6, 6.07) is 13.9. The van der Waals surface area contributed by atoms with Crippen molar-refractivity contribution >= 4 is 0 Å². The minimum atomic E-state index is -0.158. The molecular formula is C18H20FN. The Balaban J connectivity index is 1.82. The molecule has 2 atom stereocenters. The van der Waals surface area contributed by atoms with Gasteiger partial charge in [0.2, 0.25) is 0 Å². The molecule has 0 saturated heterocycles. The first-order valence-corrected chi connectivity index (χ1v) is 7.23. The molecule has 2 heteroatoms. The third-order valence-electron chi connectivity index (χ3n) is 4.47. The van der Waals surface area contributed by atoms with E-state index < -0.39 is 0 Å². The minimum absolute atomic E-state index is 0.0848. The van der Waals surface area contributed by atoms with Crippen molar-refractivity contribution in [1.29, 1.82) is 0 Å². The Labute approximate surface area is 119 Å². The lowest BCUT2D eigenvalue weighted by molar-refractivity contribution is 0.381. The van der Waals surface area contributed by atoms with Gasteiger partial charge in [0.1, 0.15) is 5.82 Å². The molecule has 2 aromatic carbocycles. The minimum Gasteiger partial charge on any atom is -0.324 e. The lowest BCUT2D eigenvalue weighted by atomic mass is 9.78. The van der Waals surface area contributed by atoms with Crippen LogP contribution in [-0.4, -0.2) is 0 Å². The van der Waals surface area contributed by atoms with E-state index >= 15 is 0 Å². The molecule has 20 heavy (non-hydrogen) atoms. The number of nitrogens with two attached hydrogens (primary N) is 1. The van der Waals surface area contributed by atoms with Gasteiger partial charge in [-0.25, -0.2) is 4.39 Å². The quantitative estimate of drug-likeness (QED) is 0.878. The van der Waals surface area contributed by atoms with Gasteiger partial charge in [-0.1, -0.05) is 36.4 Å². The average molecular weight is 269 g/mol. The van der Waals surface area contributed by atoms with Gasteiger partial charge in [0.15, 0.2) is 0 Å². The van der Waals surface area contributed by atoms with Crippen molar-refractivity contribution < 1.29 is 4.39 Å². The van der Waals surface area contributed by atoms with Crippen LogP contribution in [0.4, 0.5) is 4.39 Å². The smallest absolute Gasteiger partial charge is 0.126 e. The van der Waals surface area contributed by atoms with Crippen LogP contribution in [0.5, 0.6) is 0 Å². The van der Waals surface area contributed by atoms with Crippen molar-refractivity contribution in [2.45, 2.75) is 32.2 Å². The molecule has 2 N–H and O–H groups in total. The first kappa shape index (κ1) is 13.3. The summed E-state index contributed by atoms with van der Waals surface area (Å²) in [7, 11) is 0. The molecule has 0 aromatic heterocycles. The Morgan fingerprint density at radius 1 is 1.15 bits per heavy atom. The molecule has 0 bridgehead atoms. The SMILES string of the molecule is Cc1ccc(C(N)C2CCc3ccccc3C2)cc1F. The highest BCUT2D eigenvalue weighted by atomic mass is 19.1. The average Bonchev–Trinajstić information content (AvgIpc) is 2.49. The van der Waals surface area contributed by atoms with Gasteiger partial charge < -0.3 is 5.73 Å². The molecule has 0 heterocycles. The molecule has 0 radical (unpaired) electrons. The van der Waals surface area contributed by atoms with Gasteiger partial charge in [-0.05, 0) is 60.4 Å². The van der Waals surface area contributed by atoms with Gasteiger partial charge in [0, 0.05) is 6.04 Å². The van der Waals surface area contributed by atoms with E-state index in [1.165, 1.54) is 11.1 Å². The second kappa shape index (κ2) is 5.37. The molecule has 2 aromatic rings. The number of aryl methyl sites for hydroxylation is 2. The Kier molecular flexibility index (Phi) is 3.58. The Hall–Kier alpha value is -1.67. The second-order valence-corrected chi connectivity index (χ2v) is 5.81. The predicted molar refractivity (Wildman–Crippen MR) is 80.0 cm³/mol. The molecule has 104 valence electrons. The van der Waals surface area contributed by atoms with Gasteiger partial charge >= 0.3 is 0 Å². The fraction of sp³-hybridized carbons (Fsp3) is 0.333. The second-order valence-electron chi connectivity index (χ2n) is 5.81. The zero-order valence-corrected chi connectivity index (χ0v) is 11.8. The van der Waals surface area contributed by atoms with Crippen molar-refractivity contribution in [3.05, 3.63) is 70.5 Å². The van der Waals surface area contributed by atoms with Crippen LogP contribution in [0.1, 0.15) is 34.7 Å². The third kappa shape index (κ3) is 2.48. The fourth-order valence-corrected chi connectivity index (χ4v) is 3.12. The summed E-state index contributed by atoms with van der Waals surface area (Å²) in [5.41, 5.74) is 10.8. The highest BCUT2D eigenvalue weighted by Crippen LogP contribution is 2.33. The summed E-state index contributed by atoms with van der Waals surface area (Å²) in [4.78, 5) is 0. The van der Waals surface area contributed by atoms with Crippen LogP contribution in [0, 0.1) is 18.7 Å². The lowest BCUT2D eigenvalue weighted by Gasteiger charge is -2.29. The monoisotopic (exact) mass is 269 g/mol. The summed E-state index contributed by atoms with van der Waals surface area (Å²) >= 11 is 0. The van der Waals surface area contributed by atoms with E-state index in [9.17, 15) is 4.39 Å². The zero-order chi connectivity index (χ0) is 14.1. The number of rotatable bonds is 2. The number of halogens is 1. The predicted octanol–water partition coefficient (Wildman–Crippen LogP) is 3.94. The van der Waals surface area contributed by atoms with Crippen LogP contribution in [-0.2, 0) is 12.8 Å². The normalized spacial score (nSPS) is 19.4. The molecule has 0 fully saturated rings. The van der Waals surface area contributed by atoms with Crippen LogP contribution in [0.25, 0.3) is 0 Å². The van der Waals surface area contributed by atoms with Gasteiger partial charge in [-0.15, -0.1) is 0 Å². The molecular weight excluding hydrogens is 249 g/mol. The van der Waals surface area contributed by atoms with Crippen molar-refractivity contribution in [3.8, 4) is 0 Å². The van der Waals surface area contributed by atoms with E-state index in [2.05, 4.69) is 24.3 Å². The molecule has 0 aliphatic heterocycles. The zero-order valence-electron chi connectivity index (χ0n) is 11.8. The largest absolute Gasteiger partial charge is 0.324 e. The fourth-order valence-electron chi connectivity index (χ4n) is 3.12. The molecule has 0 spiro atoms. The molecule has 3 rings (SSSR count). The Morgan fingerprint density at radius 2 is 1.90 bits per heavy atom. The molecule has 1 aliphatic carbocycles. The van der Waals surface area contributed by atoms with E-state index in [1.54, 1.807) is 13.0 Å². The number of fused-ring (bicyclic) bond motifs is 1. The third-order valence-corrected chi connectivity index (χ3v) is 4.47. The number of hydrogen-bond donors (Lipinski definition) is 1. The van der Waals surface area contributed by atoms with E-state index in [1.807, 2.05) is 12.1 Å². The molecule has 0 amide bonds. The van der Waals surface area contributed by atoms with Crippen molar-refractivity contribution in [3.63, 3.8) is 0 Å². The van der Waals surface area contributed by atoms with Gasteiger partial charge in [0.25, 0.3) is 0 Å². The van der Waals surface area contributed by atoms with Crippen LogP contribution in [0.3, 0.4) is 0 Å². The Morgan fingerprint density at radius 3 is 2.65 bits per heavy atom. The molecule has 1 nitrogen and oxygen atoms in total. The molecule has 2 unspecified atom stereocenters. The van der Waals surface area contributed by atoms with Crippen LogP contribution >= 0.6 is 0 Å². The Bertz CT molecular complexity index is 621. The van der Waals surface area contributed by atoms with Crippen molar-refractivity contribution in [2.24, 2.45) is 11.7 Å². The van der Waals surface area contributed by atoms with Crippen LogP contribution in [0.15, 0.2) is 42.5 Å². The molecule has 1 aliphatic rings. The van der Waals surface area contributed by atoms with Crippen molar-refractivity contribution in [1.82, 2.24) is 0 Å². The van der Waals surface area contributed by atoms with Gasteiger partial charge in [-0.3, -0.25) is 0 Å². The topological polar surface area (TPSA) is 26.0 Å². The number of hydrogen-bond acceptors (Lipinski definition) is 1. The summed E-state index contributed by atoms with van der Waals surface area (Å²) < 4.78 is 13.7. The van der Waals surface area contributed by atoms with E-state index in [-0.39, 0.29) is 11.9 Å². The first-order valence-electron chi connectivity index (χ1n) is 7.23. The van der Waals surface area contributed by atoms with E-state index in [0.717, 1.165) is 24.8 Å². The highest BCUT2D eigenvalue weighted by molar-refractivity contribution is 5.32. The summed E-state index contributed by atoms with van der Waals surface area (Å²) in [5, 5.41) is 0. The maximum atomic E-state index is 13.7.